The van der Waals surface area contributed by atoms with Gasteiger partial charge in [0.05, 0.1) is 0 Å². The van der Waals surface area contributed by atoms with Crippen molar-refractivity contribution in [2.45, 2.75) is 38.3 Å². The van der Waals surface area contributed by atoms with Gasteiger partial charge in [-0.2, -0.15) is 0 Å². The molecule has 0 aromatic heterocycles. The highest BCUT2D eigenvalue weighted by molar-refractivity contribution is 5.21. The molecule has 1 aromatic rings. The number of rotatable bonds is 2. The van der Waals surface area contributed by atoms with Crippen LogP contribution in [0.3, 0.4) is 0 Å². The number of hydrogen-bond acceptors (Lipinski definition) is 1. The molecule has 0 radical (unpaired) electrons. The minimum atomic E-state index is -0.154. The van der Waals surface area contributed by atoms with Crippen LogP contribution in [0.4, 0.5) is 4.39 Å². The Labute approximate surface area is 84.3 Å². The molecule has 0 bridgehead atoms. The normalized spacial score (nSPS) is 26.7. The van der Waals surface area contributed by atoms with E-state index in [0.29, 0.717) is 12.1 Å². The van der Waals surface area contributed by atoms with Crippen LogP contribution >= 0.6 is 0 Å². The van der Waals surface area contributed by atoms with Crippen LogP contribution in [-0.2, 0) is 0 Å². The van der Waals surface area contributed by atoms with Gasteiger partial charge in [0.2, 0.25) is 0 Å². The smallest absolute Gasteiger partial charge is 0.123 e. The van der Waals surface area contributed by atoms with Gasteiger partial charge >= 0.3 is 0 Å². The van der Waals surface area contributed by atoms with Crippen LogP contribution < -0.4 is 5.32 Å². The van der Waals surface area contributed by atoms with Crippen molar-refractivity contribution in [1.29, 1.82) is 0 Å². The standard InChI is InChI=1S/C12H16FN/c1-2-11-7-8-12(14-11)9-3-5-10(13)6-4-9/h3-6,11-12,14H,2,7-8H2,1H3. The Kier molecular flexibility index (Phi) is 2.82. The molecule has 2 rings (SSSR count). The van der Waals surface area contributed by atoms with Crippen molar-refractivity contribution >= 4 is 0 Å². The summed E-state index contributed by atoms with van der Waals surface area (Å²) in [7, 11) is 0. The Morgan fingerprint density at radius 2 is 2.00 bits per heavy atom. The maximum Gasteiger partial charge on any atom is 0.123 e. The van der Waals surface area contributed by atoms with Crippen molar-refractivity contribution in [3.63, 3.8) is 0 Å². The lowest BCUT2D eigenvalue weighted by Crippen LogP contribution is -2.23. The Morgan fingerprint density at radius 1 is 1.29 bits per heavy atom. The second-order valence-electron chi connectivity index (χ2n) is 3.95. The summed E-state index contributed by atoms with van der Waals surface area (Å²) < 4.78 is 12.7. The number of nitrogens with one attached hydrogen (secondary N) is 1. The molecular weight excluding hydrogens is 177 g/mol. The molecule has 1 heterocycles. The monoisotopic (exact) mass is 193 g/mol. The molecule has 1 aliphatic rings. The van der Waals surface area contributed by atoms with Crippen molar-refractivity contribution in [3.8, 4) is 0 Å². The first-order valence-electron chi connectivity index (χ1n) is 5.31. The maximum absolute atomic E-state index is 12.7. The molecule has 1 fully saturated rings. The molecule has 1 aliphatic heterocycles. The zero-order valence-electron chi connectivity index (χ0n) is 8.46. The van der Waals surface area contributed by atoms with Gasteiger partial charge in [-0.1, -0.05) is 19.1 Å². The maximum atomic E-state index is 12.7. The fourth-order valence-electron chi connectivity index (χ4n) is 2.10. The Morgan fingerprint density at radius 3 is 2.57 bits per heavy atom. The molecule has 1 aromatic carbocycles. The highest BCUT2D eigenvalue weighted by atomic mass is 19.1. The minimum Gasteiger partial charge on any atom is -0.307 e. The van der Waals surface area contributed by atoms with E-state index in [9.17, 15) is 4.39 Å². The van der Waals surface area contributed by atoms with Crippen molar-refractivity contribution < 1.29 is 4.39 Å². The topological polar surface area (TPSA) is 12.0 Å². The summed E-state index contributed by atoms with van der Waals surface area (Å²) in [4.78, 5) is 0. The molecule has 0 aliphatic carbocycles. The van der Waals surface area contributed by atoms with E-state index in [1.807, 2.05) is 12.1 Å². The molecule has 14 heavy (non-hydrogen) atoms. The molecule has 2 unspecified atom stereocenters. The first kappa shape index (κ1) is 9.66. The van der Waals surface area contributed by atoms with Crippen LogP contribution in [0.1, 0.15) is 37.8 Å². The molecule has 1 nitrogen and oxygen atoms in total. The van der Waals surface area contributed by atoms with E-state index in [1.54, 1.807) is 0 Å². The lowest BCUT2D eigenvalue weighted by molar-refractivity contribution is 0.539. The van der Waals surface area contributed by atoms with Crippen LogP contribution in [0.25, 0.3) is 0 Å². The second-order valence-corrected chi connectivity index (χ2v) is 3.95. The molecule has 0 amide bonds. The van der Waals surface area contributed by atoms with E-state index in [-0.39, 0.29) is 5.82 Å². The lowest BCUT2D eigenvalue weighted by Gasteiger charge is -2.13. The summed E-state index contributed by atoms with van der Waals surface area (Å²) in [6, 6.07) is 7.91. The van der Waals surface area contributed by atoms with Crippen molar-refractivity contribution in [2.24, 2.45) is 0 Å². The molecular formula is C12H16FN. The molecule has 1 N–H and O–H groups in total. The fraction of sp³-hybridized carbons (Fsp3) is 0.500. The number of hydrogen-bond donors (Lipinski definition) is 1. The van der Waals surface area contributed by atoms with Gasteiger partial charge in [0.1, 0.15) is 5.82 Å². The summed E-state index contributed by atoms with van der Waals surface area (Å²) in [5.41, 5.74) is 1.21. The predicted molar refractivity (Wildman–Crippen MR) is 55.6 cm³/mol. The quantitative estimate of drug-likeness (QED) is 0.761. The van der Waals surface area contributed by atoms with E-state index >= 15 is 0 Å². The van der Waals surface area contributed by atoms with Crippen molar-refractivity contribution in [1.82, 2.24) is 5.32 Å². The summed E-state index contributed by atoms with van der Waals surface area (Å²) in [5.74, 6) is -0.154. The third-order valence-electron chi connectivity index (χ3n) is 3.01. The lowest BCUT2D eigenvalue weighted by atomic mass is 10.1. The van der Waals surface area contributed by atoms with E-state index < -0.39 is 0 Å². The summed E-state index contributed by atoms with van der Waals surface area (Å²) in [6.45, 7) is 2.20. The second kappa shape index (κ2) is 4.09. The van der Waals surface area contributed by atoms with Gasteiger partial charge < -0.3 is 5.32 Å². The van der Waals surface area contributed by atoms with Gasteiger partial charge in [0, 0.05) is 12.1 Å². The van der Waals surface area contributed by atoms with Crippen LogP contribution in [-0.4, -0.2) is 6.04 Å². The van der Waals surface area contributed by atoms with Gasteiger partial charge in [-0.25, -0.2) is 4.39 Å². The van der Waals surface area contributed by atoms with Gasteiger partial charge in [0.25, 0.3) is 0 Å². The first-order valence-corrected chi connectivity index (χ1v) is 5.31. The third-order valence-corrected chi connectivity index (χ3v) is 3.01. The van der Waals surface area contributed by atoms with Gasteiger partial charge in [-0.3, -0.25) is 0 Å². The van der Waals surface area contributed by atoms with Gasteiger partial charge in [0.15, 0.2) is 0 Å². The highest BCUT2D eigenvalue weighted by Crippen LogP contribution is 2.27. The number of halogens is 1. The van der Waals surface area contributed by atoms with Crippen LogP contribution in [0.5, 0.6) is 0 Å². The van der Waals surface area contributed by atoms with Crippen LogP contribution in [0, 0.1) is 5.82 Å². The highest BCUT2D eigenvalue weighted by Gasteiger charge is 2.23. The molecule has 0 spiro atoms. The van der Waals surface area contributed by atoms with E-state index in [4.69, 9.17) is 0 Å². The molecule has 76 valence electrons. The van der Waals surface area contributed by atoms with Crippen molar-refractivity contribution in [2.75, 3.05) is 0 Å². The summed E-state index contributed by atoms with van der Waals surface area (Å²) in [5, 5.41) is 3.55. The largest absolute Gasteiger partial charge is 0.307 e. The van der Waals surface area contributed by atoms with Gasteiger partial charge in [-0.05, 0) is 37.0 Å². The van der Waals surface area contributed by atoms with Crippen LogP contribution in [0.15, 0.2) is 24.3 Å². The third kappa shape index (κ3) is 1.95. The first-order chi connectivity index (χ1) is 6.79. The fourth-order valence-corrected chi connectivity index (χ4v) is 2.10. The van der Waals surface area contributed by atoms with E-state index in [1.165, 1.54) is 37.0 Å². The van der Waals surface area contributed by atoms with Gasteiger partial charge in [-0.15, -0.1) is 0 Å². The summed E-state index contributed by atoms with van der Waals surface area (Å²) in [6.07, 6.45) is 3.58. The molecule has 0 saturated carbocycles. The Hall–Kier alpha value is -0.890. The zero-order chi connectivity index (χ0) is 9.97. The van der Waals surface area contributed by atoms with E-state index in [0.717, 1.165) is 0 Å². The van der Waals surface area contributed by atoms with E-state index in [2.05, 4.69) is 12.2 Å². The molecule has 1 saturated heterocycles. The number of benzene rings is 1. The average Bonchev–Trinajstić information content (AvgIpc) is 2.67. The van der Waals surface area contributed by atoms with Crippen molar-refractivity contribution in [3.05, 3.63) is 35.6 Å². The predicted octanol–water partition coefficient (Wildman–Crippen LogP) is 3.03. The molecule has 2 heteroatoms. The Balaban J connectivity index is 2.06. The molecule has 2 atom stereocenters. The SMILES string of the molecule is CCC1CCC(c2ccc(F)cc2)N1. The average molecular weight is 193 g/mol. The Bertz CT molecular complexity index is 294. The minimum absolute atomic E-state index is 0.154. The zero-order valence-corrected chi connectivity index (χ0v) is 8.46. The summed E-state index contributed by atoms with van der Waals surface area (Å²) >= 11 is 0. The van der Waals surface area contributed by atoms with Crippen LogP contribution in [0.2, 0.25) is 0 Å².